The second-order valence-corrected chi connectivity index (χ2v) is 5.36. The lowest BCUT2D eigenvalue weighted by molar-refractivity contribution is -0.0387. The Morgan fingerprint density at radius 2 is 2.26 bits per heavy atom. The van der Waals surface area contributed by atoms with Crippen molar-refractivity contribution in [1.82, 2.24) is 9.88 Å². The lowest BCUT2D eigenvalue weighted by Gasteiger charge is -2.36. The van der Waals surface area contributed by atoms with Crippen LogP contribution in [0.1, 0.15) is 36.8 Å². The van der Waals surface area contributed by atoms with Crippen molar-refractivity contribution < 1.29 is 9.53 Å². The SMILES string of the molecule is CCc1cc(C(=O)N2CC(C)OCC2C)cc(Cl)n1. The Hall–Kier alpha value is -1.13. The maximum absolute atomic E-state index is 12.6. The van der Waals surface area contributed by atoms with E-state index in [0.29, 0.717) is 23.9 Å². The normalized spacial score (nSPS) is 23.5. The third-order valence-corrected chi connectivity index (χ3v) is 3.52. The average Bonchev–Trinajstić information content (AvgIpc) is 2.40. The number of halogens is 1. The minimum absolute atomic E-state index is 0.00153. The lowest BCUT2D eigenvalue weighted by atomic mass is 10.1. The first-order valence-corrected chi connectivity index (χ1v) is 6.98. The van der Waals surface area contributed by atoms with E-state index in [1.54, 1.807) is 6.07 Å². The van der Waals surface area contributed by atoms with Crippen molar-refractivity contribution in [3.05, 3.63) is 28.5 Å². The molecule has 0 N–H and O–H groups in total. The predicted octanol–water partition coefficient (Wildman–Crippen LogP) is 2.55. The summed E-state index contributed by atoms with van der Waals surface area (Å²) in [5.74, 6) is 0.00153. The first-order chi connectivity index (χ1) is 9.01. The molecule has 0 aromatic carbocycles. The molecule has 0 aliphatic carbocycles. The summed E-state index contributed by atoms with van der Waals surface area (Å²) < 4.78 is 5.54. The fraction of sp³-hybridized carbons (Fsp3) is 0.571. The summed E-state index contributed by atoms with van der Waals surface area (Å²) >= 11 is 5.97. The molecule has 1 aromatic rings. The summed E-state index contributed by atoms with van der Waals surface area (Å²) in [5.41, 5.74) is 1.45. The molecular formula is C14H19ClN2O2. The number of aryl methyl sites for hydroxylation is 1. The monoisotopic (exact) mass is 282 g/mol. The molecule has 1 aliphatic rings. The summed E-state index contributed by atoms with van der Waals surface area (Å²) in [5, 5.41) is 0.372. The first kappa shape index (κ1) is 14.3. The van der Waals surface area contributed by atoms with Crippen LogP contribution < -0.4 is 0 Å². The van der Waals surface area contributed by atoms with E-state index in [4.69, 9.17) is 16.3 Å². The number of pyridine rings is 1. The number of hydrogen-bond acceptors (Lipinski definition) is 3. The van der Waals surface area contributed by atoms with E-state index in [1.807, 2.05) is 31.7 Å². The highest BCUT2D eigenvalue weighted by molar-refractivity contribution is 6.29. The Balaban J connectivity index is 2.25. The Kier molecular flexibility index (Phi) is 4.42. The maximum Gasteiger partial charge on any atom is 0.254 e. The number of morpholine rings is 1. The van der Waals surface area contributed by atoms with Crippen LogP contribution in [0.5, 0.6) is 0 Å². The Morgan fingerprint density at radius 1 is 1.53 bits per heavy atom. The van der Waals surface area contributed by atoms with Crippen molar-refractivity contribution in [2.75, 3.05) is 13.2 Å². The summed E-state index contributed by atoms with van der Waals surface area (Å²) in [6.45, 7) is 7.15. The molecule has 2 heterocycles. The molecule has 4 nitrogen and oxygen atoms in total. The van der Waals surface area contributed by atoms with Crippen LogP contribution in [-0.4, -0.2) is 41.1 Å². The van der Waals surface area contributed by atoms with Gasteiger partial charge in [-0.2, -0.15) is 0 Å². The van der Waals surface area contributed by atoms with E-state index >= 15 is 0 Å². The molecule has 1 saturated heterocycles. The minimum Gasteiger partial charge on any atom is -0.375 e. The molecule has 2 unspecified atom stereocenters. The van der Waals surface area contributed by atoms with Crippen molar-refractivity contribution in [1.29, 1.82) is 0 Å². The Morgan fingerprint density at radius 3 is 2.95 bits per heavy atom. The number of aromatic nitrogens is 1. The standard InChI is InChI=1S/C14H19ClN2O2/c1-4-12-5-11(6-13(15)16-12)14(18)17-7-10(3)19-8-9(17)2/h5-6,9-10H,4,7-8H2,1-3H3. The third kappa shape index (κ3) is 3.25. The van der Waals surface area contributed by atoms with Crippen LogP contribution in [0.25, 0.3) is 0 Å². The number of carbonyl (C=O) groups is 1. The van der Waals surface area contributed by atoms with Gasteiger partial charge in [0.25, 0.3) is 5.91 Å². The third-order valence-electron chi connectivity index (χ3n) is 3.32. The number of nitrogens with zero attached hydrogens (tertiary/aromatic N) is 2. The lowest BCUT2D eigenvalue weighted by Crippen LogP contribution is -2.50. The van der Waals surface area contributed by atoms with Crippen molar-refractivity contribution in [2.24, 2.45) is 0 Å². The Bertz CT molecular complexity index is 479. The van der Waals surface area contributed by atoms with Gasteiger partial charge in [0.15, 0.2) is 0 Å². The molecule has 0 radical (unpaired) electrons. The zero-order chi connectivity index (χ0) is 14.0. The highest BCUT2D eigenvalue weighted by atomic mass is 35.5. The van der Waals surface area contributed by atoms with Crippen molar-refractivity contribution in [2.45, 2.75) is 39.3 Å². The van der Waals surface area contributed by atoms with Gasteiger partial charge in [0, 0.05) is 17.8 Å². The van der Waals surface area contributed by atoms with Gasteiger partial charge in [-0.1, -0.05) is 18.5 Å². The molecule has 104 valence electrons. The van der Waals surface area contributed by atoms with Gasteiger partial charge >= 0.3 is 0 Å². The van der Waals surface area contributed by atoms with Gasteiger partial charge < -0.3 is 9.64 Å². The number of ether oxygens (including phenoxy) is 1. The van der Waals surface area contributed by atoms with Crippen molar-refractivity contribution in [3.63, 3.8) is 0 Å². The van der Waals surface area contributed by atoms with E-state index < -0.39 is 0 Å². The van der Waals surface area contributed by atoms with E-state index in [-0.39, 0.29) is 18.1 Å². The zero-order valence-corrected chi connectivity index (χ0v) is 12.3. The molecular weight excluding hydrogens is 264 g/mol. The van der Waals surface area contributed by atoms with Crippen LogP contribution in [0.2, 0.25) is 5.15 Å². The quantitative estimate of drug-likeness (QED) is 0.783. The molecule has 2 atom stereocenters. The summed E-state index contributed by atoms with van der Waals surface area (Å²) in [6, 6.07) is 3.54. The molecule has 0 spiro atoms. The highest BCUT2D eigenvalue weighted by Crippen LogP contribution is 2.18. The first-order valence-electron chi connectivity index (χ1n) is 6.60. The van der Waals surface area contributed by atoms with Crippen molar-refractivity contribution in [3.8, 4) is 0 Å². The van der Waals surface area contributed by atoms with Gasteiger partial charge in [-0.25, -0.2) is 4.98 Å². The molecule has 1 aromatic heterocycles. The fourth-order valence-corrected chi connectivity index (χ4v) is 2.43. The maximum atomic E-state index is 12.6. The van der Waals surface area contributed by atoms with E-state index in [2.05, 4.69) is 4.98 Å². The summed E-state index contributed by atoms with van der Waals surface area (Å²) in [4.78, 5) is 18.6. The van der Waals surface area contributed by atoms with E-state index in [1.165, 1.54) is 0 Å². The Labute approximate surface area is 118 Å². The molecule has 0 bridgehead atoms. The number of amides is 1. The summed E-state index contributed by atoms with van der Waals surface area (Å²) in [6.07, 6.45) is 0.832. The van der Waals surface area contributed by atoms with Crippen LogP contribution in [0, 0.1) is 0 Å². The van der Waals surface area contributed by atoms with Crippen LogP contribution in [0.4, 0.5) is 0 Å². The molecule has 1 fully saturated rings. The molecule has 5 heteroatoms. The second kappa shape index (κ2) is 5.88. The van der Waals surface area contributed by atoms with E-state index in [0.717, 1.165) is 12.1 Å². The fourth-order valence-electron chi connectivity index (χ4n) is 2.21. The molecule has 1 aliphatic heterocycles. The highest BCUT2D eigenvalue weighted by Gasteiger charge is 2.28. The van der Waals surface area contributed by atoms with Crippen molar-refractivity contribution >= 4 is 17.5 Å². The zero-order valence-electron chi connectivity index (χ0n) is 11.5. The summed E-state index contributed by atoms with van der Waals surface area (Å²) in [7, 11) is 0. The van der Waals surface area contributed by atoms with Gasteiger partial charge in [0.05, 0.1) is 18.8 Å². The van der Waals surface area contributed by atoms with Gasteiger partial charge in [-0.05, 0) is 32.4 Å². The van der Waals surface area contributed by atoms with Crippen LogP contribution in [0.15, 0.2) is 12.1 Å². The smallest absolute Gasteiger partial charge is 0.254 e. The number of rotatable bonds is 2. The van der Waals surface area contributed by atoms with E-state index in [9.17, 15) is 4.79 Å². The number of carbonyl (C=O) groups excluding carboxylic acids is 1. The molecule has 0 saturated carbocycles. The largest absolute Gasteiger partial charge is 0.375 e. The average molecular weight is 283 g/mol. The van der Waals surface area contributed by atoms with Crippen LogP contribution in [0.3, 0.4) is 0 Å². The van der Waals surface area contributed by atoms with Crippen LogP contribution >= 0.6 is 11.6 Å². The van der Waals surface area contributed by atoms with Gasteiger partial charge in [-0.3, -0.25) is 4.79 Å². The van der Waals surface area contributed by atoms with Gasteiger partial charge in [0.2, 0.25) is 0 Å². The number of hydrogen-bond donors (Lipinski definition) is 0. The molecule has 1 amide bonds. The molecule has 2 rings (SSSR count). The predicted molar refractivity (Wildman–Crippen MR) is 74.5 cm³/mol. The molecule has 19 heavy (non-hydrogen) atoms. The van der Waals surface area contributed by atoms with Gasteiger partial charge in [-0.15, -0.1) is 0 Å². The second-order valence-electron chi connectivity index (χ2n) is 4.97. The van der Waals surface area contributed by atoms with Crippen LogP contribution in [-0.2, 0) is 11.2 Å². The topological polar surface area (TPSA) is 42.4 Å². The van der Waals surface area contributed by atoms with Gasteiger partial charge in [0.1, 0.15) is 5.15 Å². The minimum atomic E-state index is 0.00153.